The van der Waals surface area contributed by atoms with E-state index in [2.05, 4.69) is 10.4 Å². The van der Waals surface area contributed by atoms with Crippen molar-refractivity contribution >= 4 is 24.1 Å². The van der Waals surface area contributed by atoms with Crippen molar-refractivity contribution in [2.24, 2.45) is 12.8 Å². The molecular weight excluding hydrogens is 228 g/mol. The highest BCUT2D eigenvalue weighted by atomic mass is 35.5. The first kappa shape index (κ1) is 14.9. The Kier molecular flexibility index (Phi) is 6.06. The zero-order valence-corrected chi connectivity index (χ0v) is 10.7. The fourth-order valence-corrected chi connectivity index (χ4v) is 1.39. The van der Waals surface area contributed by atoms with Gasteiger partial charge in [-0.3, -0.25) is 9.48 Å². The molecule has 1 amide bonds. The Bertz CT molecular complexity index is 351. The van der Waals surface area contributed by atoms with Crippen molar-refractivity contribution in [2.75, 3.05) is 5.32 Å². The van der Waals surface area contributed by atoms with E-state index >= 15 is 0 Å². The summed E-state index contributed by atoms with van der Waals surface area (Å²) in [4.78, 5) is 11.6. The molecule has 0 aliphatic rings. The number of halogens is 1. The molecule has 1 unspecified atom stereocenters. The summed E-state index contributed by atoms with van der Waals surface area (Å²) in [5, 5.41) is 6.88. The minimum Gasteiger partial charge on any atom is -0.320 e. The highest BCUT2D eigenvalue weighted by Gasteiger charge is 2.13. The summed E-state index contributed by atoms with van der Waals surface area (Å²) in [5.41, 5.74) is 6.56. The number of carbonyl (C=O) groups excluding carboxylic acids is 1. The number of hydrogen-bond acceptors (Lipinski definition) is 3. The van der Waals surface area contributed by atoms with Gasteiger partial charge in [0, 0.05) is 13.1 Å². The number of hydrogen-bond donors (Lipinski definition) is 2. The van der Waals surface area contributed by atoms with Crippen molar-refractivity contribution in [3.63, 3.8) is 0 Å². The van der Waals surface area contributed by atoms with Gasteiger partial charge in [-0.2, -0.15) is 5.10 Å². The van der Waals surface area contributed by atoms with E-state index in [0.717, 1.165) is 12.1 Å². The van der Waals surface area contributed by atoms with Crippen LogP contribution in [0.4, 0.5) is 5.82 Å². The van der Waals surface area contributed by atoms with Gasteiger partial charge in [0.2, 0.25) is 5.91 Å². The monoisotopic (exact) mass is 246 g/mol. The molecule has 0 bridgehead atoms. The maximum Gasteiger partial charge on any atom is 0.242 e. The largest absolute Gasteiger partial charge is 0.320 e. The topological polar surface area (TPSA) is 72.9 Å². The van der Waals surface area contributed by atoms with Crippen molar-refractivity contribution in [2.45, 2.75) is 32.7 Å². The lowest BCUT2D eigenvalue weighted by Crippen LogP contribution is -2.35. The number of amides is 1. The van der Waals surface area contributed by atoms with Crippen LogP contribution in [-0.2, 0) is 11.8 Å². The van der Waals surface area contributed by atoms with E-state index in [0.29, 0.717) is 12.2 Å². The number of aromatic nitrogens is 2. The first-order chi connectivity index (χ1) is 7.04. The van der Waals surface area contributed by atoms with E-state index in [1.165, 1.54) is 0 Å². The summed E-state index contributed by atoms with van der Waals surface area (Å²) in [6.07, 6.45) is 1.60. The van der Waals surface area contributed by atoms with Crippen molar-refractivity contribution in [3.8, 4) is 0 Å². The smallest absolute Gasteiger partial charge is 0.242 e. The number of aryl methyl sites for hydroxylation is 2. The average Bonchev–Trinajstić information content (AvgIpc) is 2.45. The van der Waals surface area contributed by atoms with Crippen LogP contribution in [0.3, 0.4) is 0 Å². The molecule has 1 aromatic heterocycles. The average molecular weight is 247 g/mol. The first-order valence-electron chi connectivity index (χ1n) is 5.11. The zero-order valence-electron chi connectivity index (χ0n) is 9.86. The van der Waals surface area contributed by atoms with E-state index in [4.69, 9.17) is 5.73 Å². The molecule has 0 spiro atoms. The molecule has 1 atom stereocenters. The number of nitrogens with zero attached hydrogens (tertiary/aromatic N) is 2. The summed E-state index contributed by atoms with van der Waals surface area (Å²) in [6.45, 7) is 3.88. The molecule has 0 aliphatic heterocycles. The van der Waals surface area contributed by atoms with Crippen LogP contribution in [0, 0.1) is 6.92 Å². The van der Waals surface area contributed by atoms with Crippen LogP contribution in [-0.4, -0.2) is 21.7 Å². The molecule has 1 rings (SSSR count). The van der Waals surface area contributed by atoms with Crippen molar-refractivity contribution < 1.29 is 4.79 Å². The maximum atomic E-state index is 11.6. The normalized spacial score (nSPS) is 11.8. The lowest BCUT2D eigenvalue weighted by atomic mass is 10.2. The molecule has 0 aliphatic carbocycles. The van der Waals surface area contributed by atoms with Crippen LogP contribution < -0.4 is 11.1 Å². The van der Waals surface area contributed by atoms with Crippen LogP contribution in [0.5, 0.6) is 0 Å². The van der Waals surface area contributed by atoms with E-state index in [1.807, 2.05) is 19.9 Å². The van der Waals surface area contributed by atoms with Crippen LogP contribution in [0.1, 0.15) is 25.5 Å². The lowest BCUT2D eigenvalue weighted by molar-refractivity contribution is -0.117. The summed E-state index contributed by atoms with van der Waals surface area (Å²) in [6, 6.07) is 1.38. The molecule has 0 radical (unpaired) electrons. The lowest BCUT2D eigenvalue weighted by Gasteiger charge is -2.10. The second-order valence-corrected chi connectivity index (χ2v) is 3.68. The molecule has 1 aromatic rings. The van der Waals surface area contributed by atoms with E-state index in [-0.39, 0.29) is 18.3 Å². The van der Waals surface area contributed by atoms with Crippen molar-refractivity contribution in [1.82, 2.24) is 9.78 Å². The number of carbonyl (C=O) groups is 1. The van der Waals surface area contributed by atoms with E-state index in [1.54, 1.807) is 11.7 Å². The highest BCUT2D eigenvalue weighted by Crippen LogP contribution is 2.08. The predicted octanol–water partition coefficient (Wildman–Crippen LogP) is 1.22. The highest BCUT2D eigenvalue weighted by molar-refractivity contribution is 5.93. The fraction of sp³-hybridized carbons (Fsp3) is 0.600. The second-order valence-electron chi connectivity index (χ2n) is 3.68. The van der Waals surface area contributed by atoms with Gasteiger partial charge >= 0.3 is 0 Å². The standard InChI is InChI=1S/C10H18N4O.ClH/c1-4-5-8(11)10(15)12-9-6-7(2)13-14(9)3;/h6,8H,4-5,11H2,1-3H3,(H,12,15);1H. The molecule has 6 heteroatoms. The van der Waals surface area contributed by atoms with E-state index < -0.39 is 6.04 Å². The van der Waals surface area contributed by atoms with Gasteiger partial charge in [-0.05, 0) is 13.3 Å². The fourth-order valence-electron chi connectivity index (χ4n) is 1.39. The Morgan fingerprint density at radius 3 is 2.75 bits per heavy atom. The molecule has 0 fully saturated rings. The van der Waals surface area contributed by atoms with Gasteiger partial charge in [0.1, 0.15) is 5.82 Å². The van der Waals surface area contributed by atoms with E-state index in [9.17, 15) is 4.79 Å². The van der Waals surface area contributed by atoms with Crippen molar-refractivity contribution in [1.29, 1.82) is 0 Å². The molecule has 16 heavy (non-hydrogen) atoms. The molecule has 1 heterocycles. The predicted molar refractivity (Wildman–Crippen MR) is 66.7 cm³/mol. The summed E-state index contributed by atoms with van der Waals surface area (Å²) in [7, 11) is 1.79. The summed E-state index contributed by atoms with van der Waals surface area (Å²) < 4.78 is 1.63. The quantitative estimate of drug-likeness (QED) is 0.839. The molecule has 92 valence electrons. The maximum absolute atomic E-state index is 11.6. The SMILES string of the molecule is CCCC(N)C(=O)Nc1cc(C)nn1C.Cl. The third-order valence-corrected chi connectivity index (χ3v) is 2.19. The third-order valence-electron chi connectivity index (χ3n) is 2.19. The minimum atomic E-state index is -0.440. The Labute approximate surface area is 102 Å². The van der Waals surface area contributed by atoms with Crippen LogP contribution in [0.15, 0.2) is 6.07 Å². The Morgan fingerprint density at radius 1 is 1.69 bits per heavy atom. The van der Waals surface area contributed by atoms with Crippen LogP contribution in [0.25, 0.3) is 0 Å². The van der Waals surface area contributed by atoms with Crippen molar-refractivity contribution in [3.05, 3.63) is 11.8 Å². The molecule has 0 saturated carbocycles. The van der Waals surface area contributed by atoms with Gasteiger partial charge in [-0.25, -0.2) is 0 Å². The minimum absolute atomic E-state index is 0. The first-order valence-corrected chi connectivity index (χ1v) is 5.11. The second kappa shape index (κ2) is 6.50. The third kappa shape index (κ3) is 3.83. The van der Waals surface area contributed by atoms with Gasteiger partial charge in [0.05, 0.1) is 11.7 Å². The van der Waals surface area contributed by atoms with Crippen LogP contribution >= 0.6 is 12.4 Å². The van der Waals surface area contributed by atoms with Gasteiger partial charge in [0.25, 0.3) is 0 Å². The number of nitrogens with one attached hydrogen (secondary N) is 1. The van der Waals surface area contributed by atoms with Gasteiger partial charge in [-0.1, -0.05) is 13.3 Å². The number of nitrogens with two attached hydrogens (primary N) is 1. The Balaban J connectivity index is 0.00000225. The number of rotatable bonds is 4. The molecule has 5 nitrogen and oxygen atoms in total. The summed E-state index contributed by atoms with van der Waals surface area (Å²) in [5.74, 6) is 0.531. The Hall–Kier alpha value is -1.07. The molecule has 0 saturated heterocycles. The summed E-state index contributed by atoms with van der Waals surface area (Å²) >= 11 is 0. The van der Waals surface area contributed by atoms with Crippen LogP contribution in [0.2, 0.25) is 0 Å². The Morgan fingerprint density at radius 2 is 2.31 bits per heavy atom. The molecule has 0 aromatic carbocycles. The zero-order chi connectivity index (χ0) is 11.4. The number of anilines is 1. The molecule has 3 N–H and O–H groups in total. The van der Waals surface area contributed by atoms with Gasteiger partial charge < -0.3 is 11.1 Å². The molecular formula is C10H19ClN4O. The van der Waals surface area contributed by atoms with Gasteiger partial charge in [0.15, 0.2) is 0 Å². The van der Waals surface area contributed by atoms with Gasteiger partial charge in [-0.15, -0.1) is 12.4 Å².